The van der Waals surface area contributed by atoms with Gasteiger partial charge in [0.05, 0.1) is 83.4 Å². The number of rotatable bonds is 27. The number of carbonyl (C=O) groups is 2. The Hall–Kier alpha value is -7.34. The Morgan fingerprint density at radius 3 is 1.15 bits per heavy atom. The number of ether oxygens (including phenoxy) is 10. The van der Waals surface area contributed by atoms with E-state index < -0.39 is 73.0 Å². The van der Waals surface area contributed by atoms with Gasteiger partial charge in [0.25, 0.3) is 0 Å². The quantitative estimate of drug-likeness (QED) is 0.0472. The fourth-order valence-electron chi connectivity index (χ4n) is 10.5. The molecule has 0 aromatic heterocycles. The van der Waals surface area contributed by atoms with E-state index in [1.54, 1.807) is 6.92 Å². The number of benzene rings is 7. The second-order valence-corrected chi connectivity index (χ2v) is 20.2. The SMILES string of the molecule is CCOC(=O)C1=C([C@@H]2O[C@H](COCc3ccccc3)[C@@H](OCc3ccccc3)[C@H]2OCc2ccccc2)NC(=O)N[C@@H]1[C@@H]1O[C@H](COCc2ccccc2)[C@H](OCc2ccccc2)[C@H](OCc2ccccc2)[C@H]1OCc1ccccc1. The molecule has 0 bridgehead atoms. The highest BCUT2D eigenvalue weighted by molar-refractivity contribution is 5.95. The molecular weight excluding hydrogens is 1020 g/mol. The first kappa shape index (κ1) is 56.9. The van der Waals surface area contributed by atoms with Crippen LogP contribution in [0, 0.1) is 0 Å². The number of hydrogen-bond acceptors (Lipinski definition) is 12. The molecule has 0 unspecified atom stereocenters. The van der Waals surface area contributed by atoms with Gasteiger partial charge in [-0.1, -0.05) is 212 Å². The van der Waals surface area contributed by atoms with Gasteiger partial charge in [-0.05, 0) is 45.9 Å². The maximum absolute atomic E-state index is 15.2. The summed E-state index contributed by atoms with van der Waals surface area (Å²) in [6, 6.07) is 67.0. The second kappa shape index (κ2) is 29.4. The molecule has 3 aliphatic heterocycles. The molecule has 7 aromatic rings. The molecule has 10 atom stereocenters. The van der Waals surface area contributed by atoms with Gasteiger partial charge in [-0.2, -0.15) is 0 Å². The first-order chi connectivity index (χ1) is 40.0. The third-order valence-corrected chi connectivity index (χ3v) is 14.4. The molecule has 14 heteroatoms. The van der Waals surface area contributed by atoms with Crippen LogP contribution in [0.2, 0.25) is 0 Å². The van der Waals surface area contributed by atoms with Gasteiger partial charge in [0.1, 0.15) is 54.9 Å². The minimum atomic E-state index is -1.24. The Labute approximate surface area is 474 Å². The Morgan fingerprint density at radius 1 is 0.420 bits per heavy atom. The number of hydrogen-bond donors (Lipinski definition) is 2. The highest BCUT2D eigenvalue weighted by atomic mass is 16.6. The summed E-state index contributed by atoms with van der Waals surface area (Å²) >= 11 is 0. The second-order valence-electron chi connectivity index (χ2n) is 20.2. The van der Waals surface area contributed by atoms with Crippen LogP contribution in [-0.4, -0.2) is 92.8 Å². The third kappa shape index (κ3) is 15.6. The summed E-state index contributed by atoms with van der Waals surface area (Å²) in [6.07, 6.45) is -8.22. The maximum atomic E-state index is 15.2. The van der Waals surface area contributed by atoms with Crippen molar-refractivity contribution >= 4 is 12.0 Å². The number of esters is 1. The number of amides is 2. The van der Waals surface area contributed by atoms with Crippen LogP contribution in [0.4, 0.5) is 4.79 Å². The zero-order chi connectivity index (χ0) is 55.4. The lowest BCUT2D eigenvalue weighted by Gasteiger charge is -2.49. The van der Waals surface area contributed by atoms with Crippen molar-refractivity contribution in [3.8, 4) is 0 Å². The standard InChI is InChI=1S/C67H70N2O12/c1-2-74-66(70)56-57(61-63(77-42-51-32-18-7-19-33-51)59(75-40-49-28-14-5-15-29-49)54(80-61)45-72-38-47-24-10-3-11-25-47)68-67(71)69-58(56)62-65(79-44-53-36-22-9-23-37-53)64(78-43-52-34-20-8-21-35-52)60(76-41-50-30-16-6-17-31-50)55(81-62)46-73-39-48-26-12-4-13-27-48/h3-37,54-55,58-65H,2,38-46H2,1H3,(H2,68,69,71)/t54-,55-,58+,59-,60+,61+,62+,63-,64+,65+/m1/s1. The molecule has 420 valence electrons. The van der Waals surface area contributed by atoms with E-state index in [0.717, 1.165) is 38.9 Å². The lowest BCUT2D eigenvalue weighted by molar-refractivity contribution is -0.275. The van der Waals surface area contributed by atoms with Crippen molar-refractivity contribution in [2.75, 3.05) is 19.8 Å². The van der Waals surface area contributed by atoms with Crippen molar-refractivity contribution in [2.24, 2.45) is 0 Å². The summed E-state index contributed by atoms with van der Waals surface area (Å²) in [6.45, 7) is 3.32. The van der Waals surface area contributed by atoms with Gasteiger partial charge >= 0.3 is 12.0 Å². The van der Waals surface area contributed by atoms with Crippen LogP contribution in [0.25, 0.3) is 0 Å². The summed E-state index contributed by atoms with van der Waals surface area (Å²) < 4.78 is 68.5. The van der Waals surface area contributed by atoms with Gasteiger partial charge in [0, 0.05) is 0 Å². The smallest absolute Gasteiger partial charge is 0.338 e. The van der Waals surface area contributed by atoms with Gasteiger partial charge < -0.3 is 58.0 Å². The van der Waals surface area contributed by atoms with Gasteiger partial charge in [-0.3, -0.25) is 0 Å². The summed E-state index contributed by atoms with van der Waals surface area (Å²) in [5.74, 6) is -0.715. The zero-order valence-corrected chi connectivity index (χ0v) is 45.5. The molecule has 81 heavy (non-hydrogen) atoms. The summed E-state index contributed by atoms with van der Waals surface area (Å²) in [4.78, 5) is 30.0. The Bertz CT molecular complexity index is 3020. The van der Waals surface area contributed by atoms with Gasteiger partial charge in [0.15, 0.2) is 0 Å². The number of nitrogens with one attached hydrogen (secondary N) is 2. The number of carbonyl (C=O) groups excluding carboxylic acids is 2. The molecule has 10 rings (SSSR count). The topological polar surface area (TPSA) is 150 Å². The molecule has 7 aromatic carbocycles. The van der Waals surface area contributed by atoms with Crippen LogP contribution in [0.3, 0.4) is 0 Å². The Balaban J connectivity index is 1.08. The van der Waals surface area contributed by atoms with Crippen LogP contribution in [0.5, 0.6) is 0 Å². The van der Waals surface area contributed by atoms with Crippen molar-refractivity contribution in [1.29, 1.82) is 0 Å². The van der Waals surface area contributed by atoms with Gasteiger partial charge in [-0.15, -0.1) is 0 Å². The van der Waals surface area contributed by atoms with Crippen LogP contribution < -0.4 is 10.6 Å². The van der Waals surface area contributed by atoms with Crippen molar-refractivity contribution < 1.29 is 57.0 Å². The highest BCUT2D eigenvalue weighted by Gasteiger charge is 2.56. The molecule has 2 fully saturated rings. The largest absolute Gasteiger partial charge is 0.463 e. The third-order valence-electron chi connectivity index (χ3n) is 14.4. The Kier molecular flexibility index (Phi) is 20.7. The molecule has 2 saturated heterocycles. The highest BCUT2D eigenvalue weighted by Crippen LogP contribution is 2.39. The van der Waals surface area contributed by atoms with Gasteiger partial charge in [0.2, 0.25) is 0 Å². The first-order valence-corrected chi connectivity index (χ1v) is 27.8. The van der Waals surface area contributed by atoms with E-state index in [2.05, 4.69) is 10.6 Å². The predicted octanol–water partition coefficient (Wildman–Crippen LogP) is 10.4. The monoisotopic (exact) mass is 1090 g/mol. The van der Waals surface area contributed by atoms with E-state index in [1.807, 2.05) is 212 Å². The van der Waals surface area contributed by atoms with E-state index >= 15 is 4.79 Å². The van der Waals surface area contributed by atoms with E-state index in [1.165, 1.54) is 0 Å². The van der Waals surface area contributed by atoms with E-state index in [9.17, 15) is 4.79 Å². The van der Waals surface area contributed by atoms with Gasteiger partial charge in [-0.25, -0.2) is 9.59 Å². The molecule has 3 aliphatic rings. The molecule has 2 amide bonds. The van der Waals surface area contributed by atoms with Crippen LogP contribution in [0.15, 0.2) is 224 Å². The molecule has 3 heterocycles. The molecule has 2 N–H and O–H groups in total. The predicted molar refractivity (Wildman–Crippen MR) is 304 cm³/mol. The normalized spacial score (nSPS) is 23.6. The maximum Gasteiger partial charge on any atom is 0.338 e. The molecule has 14 nitrogen and oxygen atoms in total. The molecule has 0 saturated carbocycles. The zero-order valence-electron chi connectivity index (χ0n) is 45.5. The lowest BCUT2D eigenvalue weighted by atomic mass is 9.85. The minimum absolute atomic E-state index is 0.0160. The van der Waals surface area contributed by atoms with Crippen LogP contribution in [-0.2, 0) is 98.4 Å². The van der Waals surface area contributed by atoms with E-state index in [-0.39, 0.29) is 70.7 Å². The summed E-state index contributed by atoms with van der Waals surface area (Å²) in [5.41, 5.74) is 6.68. The average Bonchev–Trinajstić information content (AvgIpc) is 3.92. The molecular formula is C67H70N2O12. The molecule has 0 spiro atoms. The molecule has 0 aliphatic carbocycles. The van der Waals surface area contributed by atoms with Crippen LogP contribution >= 0.6 is 0 Å². The van der Waals surface area contributed by atoms with Crippen molar-refractivity contribution in [3.63, 3.8) is 0 Å². The summed E-state index contributed by atoms with van der Waals surface area (Å²) in [5, 5.41) is 6.15. The van der Waals surface area contributed by atoms with Crippen molar-refractivity contribution in [2.45, 2.75) is 114 Å². The van der Waals surface area contributed by atoms with Crippen molar-refractivity contribution in [1.82, 2.24) is 10.6 Å². The molecule has 0 radical (unpaired) electrons. The fourth-order valence-corrected chi connectivity index (χ4v) is 10.5. The minimum Gasteiger partial charge on any atom is -0.463 e. The lowest BCUT2D eigenvalue weighted by Crippen LogP contribution is -2.68. The number of urea groups is 1. The Morgan fingerprint density at radius 2 is 0.753 bits per heavy atom. The van der Waals surface area contributed by atoms with Crippen molar-refractivity contribution in [3.05, 3.63) is 263 Å². The van der Waals surface area contributed by atoms with Crippen LogP contribution in [0.1, 0.15) is 45.9 Å². The van der Waals surface area contributed by atoms with E-state index in [0.29, 0.717) is 6.61 Å². The first-order valence-electron chi connectivity index (χ1n) is 27.8. The summed E-state index contributed by atoms with van der Waals surface area (Å²) in [7, 11) is 0. The average molecular weight is 1100 g/mol. The van der Waals surface area contributed by atoms with E-state index in [4.69, 9.17) is 47.4 Å². The fraction of sp³-hybridized carbons (Fsp3) is 0.313.